The molecule has 0 saturated carbocycles. The van der Waals surface area contributed by atoms with Gasteiger partial charge >= 0.3 is 0 Å². The van der Waals surface area contributed by atoms with Gasteiger partial charge in [0.15, 0.2) is 5.78 Å². The molecule has 2 heteroatoms. The number of allylic oxidation sites excluding steroid dienone is 1. The number of ketones is 1. The first-order valence-electron chi connectivity index (χ1n) is 6.28. The molecule has 0 aliphatic heterocycles. The Bertz CT molecular complexity index is 679. The normalized spacial score (nSPS) is 15.8. The van der Waals surface area contributed by atoms with Crippen LogP contribution in [0.4, 0.5) is 0 Å². The monoisotopic (exact) mass is 250 g/mol. The van der Waals surface area contributed by atoms with E-state index >= 15 is 0 Å². The zero-order chi connectivity index (χ0) is 13.4. The lowest BCUT2D eigenvalue weighted by Gasteiger charge is -1.98. The number of carbonyl (C=O) groups excluding carboxylic acids is 1. The molecule has 3 rings (SSSR count). The Morgan fingerprint density at radius 1 is 1.11 bits per heavy atom. The summed E-state index contributed by atoms with van der Waals surface area (Å²) in [5.74, 6) is 0.227. The van der Waals surface area contributed by atoms with E-state index in [1.807, 2.05) is 37.3 Å². The molecule has 1 aliphatic carbocycles. The number of rotatable bonds is 1. The number of carbonyl (C=O) groups is 1. The van der Waals surface area contributed by atoms with Crippen LogP contribution in [0.5, 0.6) is 5.75 Å². The van der Waals surface area contributed by atoms with E-state index in [1.165, 1.54) is 5.56 Å². The molecule has 1 N–H and O–H groups in total. The van der Waals surface area contributed by atoms with Gasteiger partial charge in [0.05, 0.1) is 0 Å². The van der Waals surface area contributed by atoms with Crippen molar-refractivity contribution in [2.75, 3.05) is 0 Å². The van der Waals surface area contributed by atoms with Crippen LogP contribution in [-0.4, -0.2) is 10.9 Å². The minimum atomic E-state index is 0.0199. The average molecular weight is 250 g/mol. The Labute approximate surface area is 112 Å². The van der Waals surface area contributed by atoms with Gasteiger partial charge in [-0.1, -0.05) is 42.0 Å². The number of phenols is 1. The molecule has 19 heavy (non-hydrogen) atoms. The summed E-state index contributed by atoms with van der Waals surface area (Å²) in [7, 11) is 0. The van der Waals surface area contributed by atoms with Gasteiger partial charge in [-0.25, -0.2) is 0 Å². The van der Waals surface area contributed by atoms with Crippen LogP contribution in [0, 0.1) is 6.92 Å². The van der Waals surface area contributed by atoms with Crippen molar-refractivity contribution in [1.82, 2.24) is 0 Å². The van der Waals surface area contributed by atoms with Crippen LogP contribution in [0.2, 0.25) is 0 Å². The number of hydrogen-bond donors (Lipinski definition) is 1. The third-order valence-electron chi connectivity index (χ3n) is 3.47. The summed E-state index contributed by atoms with van der Waals surface area (Å²) in [5, 5.41) is 9.79. The Morgan fingerprint density at radius 3 is 2.53 bits per heavy atom. The minimum Gasteiger partial charge on any atom is -0.508 e. The Hall–Kier alpha value is -2.35. The molecule has 1 aliphatic rings. The number of aromatic hydroxyl groups is 1. The van der Waals surface area contributed by atoms with Crippen LogP contribution in [0.15, 0.2) is 48.0 Å². The van der Waals surface area contributed by atoms with Crippen LogP contribution >= 0.6 is 0 Å². The van der Waals surface area contributed by atoms with Crippen molar-refractivity contribution >= 4 is 11.9 Å². The molecule has 2 nitrogen and oxygen atoms in total. The standard InChI is InChI=1S/C17H14O2/c1-11-5-7-12(8-6-11)9-13-10-15-14(17(13)19)3-2-4-16(15)18/h2-9,18H,10H2,1H3/b13-9+. The second kappa shape index (κ2) is 4.39. The Kier molecular flexibility index (Phi) is 2.71. The maximum atomic E-state index is 12.2. The summed E-state index contributed by atoms with van der Waals surface area (Å²) in [6, 6.07) is 13.2. The number of aryl methyl sites for hydroxylation is 1. The SMILES string of the molecule is Cc1ccc(/C=C2\Cc3c(O)cccc3C2=O)cc1. The molecular weight excluding hydrogens is 236 g/mol. The van der Waals surface area contributed by atoms with Crippen molar-refractivity contribution in [3.63, 3.8) is 0 Å². The molecule has 2 aromatic rings. The van der Waals surface area contributed by atoms with E-state index in [0.29, 0.717) is 12.0 Å². The highest BCUT2D eigenvalue weighted by atomic mass is 16.3. The van der Waals surface area contributed by atoms with Crippen molar-refractivity contribution in [3.8, 4) is 5.75 Å². The van der Waals surface area contributed by atoms with Crippen molar-refractivity contribution in [1.29, 1.82) is 0 Å². The fourth-order valence-electron chi connectivity index (χ4n) is 2.40. The van der Waals surface area contributed by atoms with Crippen molar-refractivity contribution in [2.45, 2.75) is 13.3 Å². The molecule has 0 fully saturated rings. The fourth-order valence-corrected chi connectivity index (χ4v) is 2.40. The summed E-state index contributed by atoms with van der Waals surface area (Å²) in [4.78, 5) is 12.2. The molecule has 0 radical (unpaired) electrons. The van der Waals surface area contributed by atoms with E-state index in [0.717, 1.165) is 16.7 Å². The highest BCUT2D eigenvalue weighted by Crippen LogP contribution is 2.33. The fraction of sp³-hybridized carbons (Fsp3) is 0.118. The molecule has 0 bridgehead atoms. The molecule has 0 atom stereocenters. The van der Waals surface area contributed by atoms with E-state index in [1.54, 1.807) is 18.2 Å². The van der Waals surface area contributed by atoms with E-state index in [9.17, 15) is 9.90 Å². The van der Waals surface area contributed by atoms with Crippen LogP contribution in [0.1, 0.15) is 27.0 Å². The van der Waals surface area contributed by atoms with Gasteiger partial charge in [0.2, 0.25) is 0 Å². The van der Waals surface area contributed by atoms with Gasteiger partial charge < -0.3 is 5.11 Å². The van der Waals surface area contributed by atoms with Gasteiger partial charge in [-0.2, -0.15) is 0 Å². The highest BCUT2D eigenvalue weighted by molar-refractivity contribution is 6.16. The average Bonchev–Trinajstić information content (AvgIpc) is 2.72. The summed E-state index contributed by atoms with van der Waals surface area (Å²) in [6.07, 6.45) is 2.41. The van der Waals surface area contributed by atoms with Crippen LogP contribution in [0.25, 0.3) is 6.08 Å². The van der Waals surface area contributed by atoms with Gasteiger partial charge in [0.1, 0.15) is 5.75 Å². The summed E-state index contributed by atoms with van der Waals surface area (Å²) < 4.78 is 0. The molecule has 0 unspecified atom stereocenters. The van der Waals surface area contributed by atoms with Gasteiger partial charge in [0.25, 0.3) is 0 Å². The number of Topliss-reactive ketones (excluding diaryl/α,β-unsaturated/α-hetero) is 1. The lowest BCUT2D eigenvalue weighted by atomic mass is 10.1. The van der Waals surface area contributed by atoms with E-state index in [2.05, 4.69) is 0 Å². The van der Waals surface area contributed by atoms with E-state index in [-0.39, 0.29) is 11.5 Å². The van der Waals surface area contributed by atoms with Crippen molar-refractivity contribution in [2.24, 2.45) is 0 Å². The Morgan fingerprint density at radius 2 is 1.84 bits per heavy atom. The molecule has 0 amide bonds. The second-order valence-corrected chi connectivity index (χ2v) is 4.89. The van der Waals surface area contributed by atoms with E-state index in [4.69, 9.17) is 0 Å². The first kappa shape index (κ1) is 11.7. The zero-order valence-electron chi connectivity index (χ0n) is 10.7. The van der Waals surface area contributed by atoms with Gasteiger partial charge in [-0.05, 0) is 24.6 Å². The van der Waals surface area contributed by atoms with Gasteiger partial charge in [-0.3, -0.25) is 4.79 Å². The highest BCUT2D eigenvalue weighted by Gasteiger charge is 2.26. The number of hydrogen-bond acceptors (Lipinski definition) is 2. The number of fused-ring (bicyclic) bond motifs is 1. The van der Waals surface area contributed by atoms with Crippen molar-refractivity contribution in [3.05, 3.63) is 70.3 Å². The molecule has 94 valence electrons. The second-order valence-electron chi connectivity index (χ2n) is 4.89. The third-order valence-corrected chi connectivity index (χ3v) is 3.47. The quantitative estimate of drug-likeness (QED) is 0.786. The number of benzene rings is 2. The largest absolute Gasteiger partial charge is 0.508 e. The number of phenolic OH excluding ortho intramolecular Hbond substituents is 1. The van der Waals surface area contributed by atoms with Gasteiger partial charge in [0, 0.05) is 23.1 Å². The topological polar surface area (TPSA) is 37.3 Å². The third kappa shape index (κ3) is 2.06. The predicted octanol–water partition coefficient (Wildman–Crippen LogP) is 3.52. The molecule has 0 spiro atoms. The summed E-state index contributed by atoms with van der Waals surface area (Å²) in [6.45, 7) is 2.03. The summed E-state index contributed by atoms with van der Waals surface area (Å²) in [5.41, 5.74) is 4.31. The zero-order valence-corrected chi connectivity index (χ0v) is 10.7. The van der Waals surface area contributed by atoms with E-state index < -0.39 is 0 Å². The maximum Gasteiger partial charge on any atom is 0.189 e. The Balaban J connectivity index is 2.00. The first-order chi connectivity index (χ1) is 9.15. The summed E-state index contributed by atoms with van der Waals surface area (Å²) >= 11 is 0. The molecule has 2 aromatic carbocycles. The minimum absolute atomic E-state index is 0.0199. The van der Waals surface area contributed by atoms with Crippen LogP contribution in [0.3, 0.4) is 0 Å². The van der Waals surface area contributed by atoms with Crippen LogP contribution < -0.4 is 0 Å². The maximum absolute atomic E-state index is 12.2. The van der Waals surface area contributed by atoms with Crippen LogP contribution in [-0.2, 0) is 6.42 Å². The molecule has 0 aromatic heterocycles. The predicted molar refractivity (Wildman–Crippen MR) is 75.3 cm³/mol. The van der Waals surface area contributed by atoms with Crippen molar-refractivity contribution < 1.29 is 9.90 Å². The first-order valence-corrected chi connectivity index (χ1v) is 6.28. The molecule has 0 saturated heterocycles. The lowest BCUT2D eigenvalue weighted by Crippen LogP contribution is -1.94. The van der Waals surface area contributed by atoms with Gasteiger partial charge in [-0.15, -0.1) is 0 Å². The molecular formula is C17H14O2. The lowest BCUT2D eigenvalue weighted by molar-refractivity contribution is 0.104. The smallest absolute Gasteiger partial charge is 0.189 e. The molecule has 0 heterocycles.